The number of carboxylic acid groups (broad SMARTS) is 1. The third-order valence-electron chi connectivity index (χ3n) is 2.73. The van der Waals surface area contributed by atoms with Gasteiger partial charge in [0.05, 0.1) is 6.20 Å². The Morgan fingerprint density at radius 2 is 2.17 bits per heavy atom. The zero-order valence-corrected chi connectivity index (χ0v) is 9.98. The second-order valence-corrected chi connectivity index (χ2v) is 4.47. The zero-order chi connectivity index (χ0) is 13.3. The molecule has 0 radical (unpaired) electrons. The van der Waals surface area contributed by atoms with Crippen LogP contribution in [-0.4, -0.2) is 16.1 Å². The first-order chi connectivity index (χ1) is 8.41. The van der Waals surface area contributed by atoms with Gasteiger partial charge in [-0.15, -0.1) is 0 Å². The predicted octanol–water partition coefficient (Wildman–Crippen LogP) is 2.84. The molecule has 0 aliphatic heterocycles. The Morgan fingerprint density at radius 1 is 1.44 bits per heavy atom. The van der Waals surface area contributed by atoms with E-state index in [-0.39, 0.29) is 11.7 Å². The van der Waals surface area contributed by atoms with E-state index in [0.29, 0.717) is 5.56 Å². The molecule has 94 valence electrons. The van der Waals surface area contributed by atoms with Crippen molar-refractivity contribution in [2.24, 2.45) is 0 Å². The SMILES string of the molecule is CC(C)(C(=O)O)c1cnc(-c2cccc(F)c2)o1. The summed E-state index contributed by atoms with van der Waals surface area (Å²) in [5.74, 6) is -0.970. The van der Waals surface area contributed by atoms with Crippen LogP contribution in [0.15, 0.2) is 34.9 Å². The highest BCUT2D eigenvalue weighted by Gasteiger charge is 2.33. The summed E-state index contributed by atoms with van der Waals surface area (Å²) >= 11 is 0. The van der Waals surface area contributed by atoms with Crippen LogP contribution in [0.25, 0.3) is 11.5 Å². The van der Waals surface area contributed by atoms with Crippen molar-refractivity contribution in [3.63, 3.8) is 0 Å². The molecule has 1 N–H and O–H groups in total. The predicted molar refractivity (Wildman–Crippen MR) is 62.6 cm³/mol. The van der Waals surface area contributed by atoms with Crippen LogP contribution in [0, 0.1) is 5.82 Å². The summed E-state index contributed by atoms with van der Waals surface area (Å²) < 4.78 is 18.5. The first-order valence-electron chi connectivity index (χ1n) is 5.37. The topological polar surface area (TPSA) is 63.3 Å². The Hall–Kier alpha value is -2.17. The van der Waals surface area contributed by atoms with E-state index in [1.165, 1.54) is 38.2 Å². The van der Waals surface area contributed by atoms with Gasteiger partial charge in [-0.05, 0) is 32.0 Å². The van der Waals surface area contributed by atoms with Gasteiger partial charge in [-0.1, -0.05) is 6.07 Å². The van der Waals surface area contributed by atoms with Crippen LogP contribution in [0.2, 0.25) is 0 Å². The van der Waals surface area contributed by atoms with Crippen LogP contribution in [0.1, 0.15) is 19.6 Å². The number of hydrogen-bond acceptors (Lipinski definition) is 3. The summed E-state index contributed by atoms with van der Waals surface area (Å²) in [7, 11) is 0. The average molecular weight is 249 g/mol. The fourth-order valence-corrected chi connectivity index (χ4v) is 1.42. The number of carboxylic acids is 1. The van der Waals surface area contributed by atoms with E-state index >= 15 is 0 Å². The van der Waals surface area contributed by atoms with Crippen LogP contribution in [0.3, 0.4) is 0 Å². The molecule has 2 aromatic rings. The lowest BCUT2D eigenvalue weighted by Gasteiger charge is -2.14. The smallest absolute Gasteiger partial charge is 0.316 e. The summed E-state index contributed by atoms with van der Waals surface area (Å²) in [6, 6.07) is 5.78. The zero-order valence-electron chi connectivity index (χ0n) is 9.98. The molecule has 0 aliphatic rings. The van der Waals surface area contributed by atoms with E-state index in [0.717, 1.165) is 0 Å². The van der Waals surface area contributed by atoms with Gasteiger partial charge in [-0.25, -0.2) is 9.37 Å². The number of rotatable bonds is 3. The summed E-state index contributed by atoms with van der Waals surface area (Å²) in [6.07, 6.45) is 1.36. The van der Waals surface area contributed by atoms with E-state index in [1.807, 2.05) is 0 Å². The van der Waals surface area contributed by atoms with Gasteiger partial charge in [0, 0.05) is 5.56 Å². The lowest BCUT2D eigenvalue weighted by molar-refractivity contribution is -0.143. The van der Waals surface area contributed by atoms with Crippen molar-refractivity contribution >= 4 is 5.97 Å². The molecule has 18 heavy (non-hydrogen) atoms. The number of benzene rings is 1. The Bertz CT molecular complexity index is 589. The van der Waals surface area contributed by atoms with E-state index in [1.54, 1.807) is 6.07 Å². The minimum atomic E-state index is -1.17. The Morgan fingerprint density at radius 3 is 2.78 bits per heavy atom. The third-order valence-corrected chi connectivity index (χ3v) is 2.73. The molecule has 0 fully saturated rings. The Kier molecular flexibility index (Phi) is 2.90. The molecule has 4 nitrogen and oxygen atoms in total. The summed E-state index contributed by atoms with van der Waals surface area (Å²) in [5, 5.41) is 9.07. The minimum Gasteiger partial charge on any atom is -0.481 e. The van der Waals surface area contributed by atoms with E-state index in [9.17, 15) is 9.18 Å². The van der Waals surface area contributed by atoms with Crippen molar-refractivity contribution in [1.82, 2.24) is 4.98 Å². The normalized spacial score (nSPS) is 11.5. The molecular weight excluding hydrogens is 237 g/mol. The number of oxazole rings is 1. The molecule has 0 aliphatic carbocycles. The van der Waals surface area contributed by atoms with Crippen molar-refractivity contribution in [2.75, 3.05) is 0 Å². The summed E-state index contributed by atoms with van der Waals surface area (Å²) in [6.45, 7) is 3.04. The molecule has 2 rings (SSSR count). The number of halogens is 1. The van der Waals surface area contributed by atoms with Gasteiger partial charge in [0.2, 0.25) is 5.89 Å². The first kappa shape index (κ1) is 12.3. The van der Waals surface area contributed by atoms with Gasteiger partial charge in [-0.3, -0.25) is 4.79 Å². The fourth-order valence-electron chi connectivity index (χ4n) is 1.42. The lowest BCUT2D eigenvalue weighted by atomic mass is 9.91. The number of carbonyl (C=O) groups is 1. The molecule has 0 saturated heterocycles. The number of aliphatic carboxylic acids is 1. The lowest BCUT2D eigenvalue weighted by Crippen LogP contribution is -2.27. The highest BCUT2D eigenvalue weighted by atomic mass is 19.1. The molecule has 1 heterocycles. The van der Waals surface area contributed by atoms with Crippen molar-refractivity contribution in [3.05, 3.63) is 42.0 Å². The van der Waals surface area contributed by atoms with Crippen molar-refractivity contribution in [1.29, 1.82) is 0 Å². The van der Waals surface area contributed by atoms with Crippen molar-refractivity contribution in [2.45, 2.75) is 19.3 Å². The van der Waals surface area contributed by atoms with Crippen molar-refractivity contribution in [3.8, 4) is 11.5 Å². The minimum absolute atomic E-state index is 0.207. The van der Waals surface area contributed by atoms with E-state index in [4.69, 9.17) is 9.52 Å². The highest BCUT2D eigenvalue weighted by Crippen LogP contribution is 2.28. The standard InChI is InChI=1S/C13H12FNO3/c1-13(2,12(16)17)10-7-15-11(18-10)8-4-3-5-9(14)6-8/h3-7H,1-2H3,(H,16,17). The highest BCUT2D eigenvalue weighted by molar-refractivity contribution is 5.79. The number of hydrogen-bond donors (Lipinski definition) is 1. The number of nitrogens with zero attached hydrogens (tertiary/aromatic N) is 1. The molecular formula is C13H12FNO3. The van der Waals surface area contributed by atoms with Crippen LogP contribution in [-0.2, 0) is 10.2 Å². The molecule has 1 aromatic carbocycles. The largest absolute Gasteiger partial charge is 0.481 e. The van der Waals surface area contributed by atoms with Crippen LogP contribution >= 0.6 is 0 Å². The maximum atomic E-state index is 13.1. The molecule has 5 heteroatoms. The quantitative estimate of drug-likeness (QED) is 0.908. The fraction of sp³-hybridized carbons (Fsp3) is 0.231. The maximum absolute atomic E-state index is 13.1. The van der Waals surface area contributed by atoms with Gasteiger partial charge in [-0.2, -0.15) is 0 Å². The molecule has 0 saturated carbocycles. The molecule has 0 unspecified atom stereocenters. The maximum Gasteiger partial charge on any atom is 0.316 e. The monoisotopic (exact) mass is 249 g/mol. The van der Waals surface area contributed by atoms with E-state index in [2.05, 4.69) is 4.98 Å². The summed E-state index contributed by atoms with van der Waals surface area (Å²) in [4.78, 5) is 15.1. The van der Waals surface area contributed by atoms with Crippen LogP contribution < -0.4 is 0 Å². The third kappa shape index (κ3) is 2.11. The Labute approximate surface area is 103 Å². The van der Waals surface area contributed by atoms with Gasteiger partial charge < -0.3 is 9.52 Å². The first-order valence-corrected chi connectivity index (χ1v) is 5.37. The van der Waals surface area contributed by atoms with E-state index < -0.39 is 17.2 Å². The van der Waals surface area contributed by atoms with Crippen molar-refractivity contribution < 1.29 is 18.7 Å². The second-order valence-electron chi connectivity index (χ2n) is 4.47. The van der Waals surface area contributed by atoms with Gasteiger partial charge in [0.15, 0.2) is 0 Å². The van der Waals surface area contributed by atoms with Gasteiger partial charge >= 0.3 is 5.97 Å². The van der Waals surface area contributed by atoms with Gasteiger partial charge in [0.1, 0.15) is 17.0 Å². The molecule has 0 amide bonds. The number of aromatic nitrogens is 1. The van der Waals surface area contributed by atoms with Crippen LogP contribution in [0.5, 0.6) is 0 Å². The Balaban J connectivity index is 2.40. The molecule has 1 aromatic heterocycles. The molecule has 0 atom stereocenters. The summed E-state index contributed by atoms with van der Waals surface area (Å²) in [5.41, 5.74) is -0.694. The molecule has 0 bridgehead atoms. The van der Waals surface area contributed by atoms with Gasteiger partial charge in [0.25, 0.3) is 0 Å². The van der Waals surface area contributed by atoms with Crippen LogP contribution in [0.4, 0.5) is 4.39 Å². The average Bonchev–Trinajstić information content (AvgIpc) is 2.78. The molecule has 0 spiro atoms. The second kappa shape index (κ2) is 4.25.